The number of aryl methyl sites for hydroxylation is 2. The Morgan fingerprint density at radius 2 is 1.94 bits per heavy atom. The molecule has 16 heavy (non-hydrogen) atoms. The van der Waals surface area contributed by atoms with Gasteiger partial charge in [-0.2, -0.15) is 0 Å². The summed E-state index contributed by atoms with van der Waals surface area (Å²) in [6, 6.07) is 4.79. The predicted molar refractivity (Wildman–Crippen MR) is 67.5 cm³/mol. The lowest BCUT2D eigenvalue weighted by atomic mass is 10.1. The Bertz CT molecular complexity index is 458. The fourth-order valence-corrected chi connectivity index (χ4v) is 1.71. The fraction of sp³-hybridized carbons (Fsp3) is 0.462. The van der Waals surface area contributed by atoms with Crippen molar-refractivity contribution in [1.82, 2.24) is 15.3 Å². The zero-order valence-corrected chi connectivity index (χ0v) is 10.4. The molecule has 3 heteroatoms. The maximum atomic E-state index is 4.57. The second-order valence-electron chi connectivity index (χ2n) is 4.67. The van der Waals surface area contributed by atoms with E-state index in [0.717, 1.165) is 23.4 Å². The number of imidazole rings is 1. The van der Waals surface area contributed by atoms with Gasteiger partial charge < -0.3 is 10.3 Å². The molecule has 0 saturated carbocycles. The molecular formula is C13H19N3. The van der Waals surface area contributed by atoms with Crippen molar-refractivity contribution in [2.45, 2.75) is 40.3 Å². The van der Waals surface area contributed by atoms with Crippen LogP contribution < -0.4 is 5.32 Å². The van der Waals surface area contributed by atoms with Gasteiger partial charge in [0.1, 0.15) is 5.82 Å². The number of fused-ring (bicyclic) bond motifs is 1. The Morgan fingerprint density at radius 1 is 1.25 bits per heavy atom. The smallest absolute Gasteiger partial charge is 0.121 e. The quantitative estimate of drug-likeness (QED) is 0.830. The summed E-state index contributed by atoms with van der Waals surface area (Å²) in [7, 11) is 0. The molecule has 0 unspecified atom stereocenters. The van der Waals surface area contributed by atoms with Crippen LogP contribution >= 0.6 is 0 Å². The van der Waals surface area contributed by atoms with Crippen molar-refractivity contribution < 1.29 is 0 Å². The Morgan fingerprint density at radius 3 is 2.62 bits per heavy atom. The van der Waals surface area contributed by atoms with Gasteiger partial charge in [-0.05, 0) is 37.1 Å². The van der Waals surface area contributed by atoms with Crippen LogP contribution in [-0.4, -0.2) is 16.0 Å². The highest BCUT2D eigenvalue weighted by molar-refractivity contribution is 5.77. The van der Waals surface area contributed by atoms with E-state index in [0.29, 0.717) is 6.04 Å². The molecule has 0 aliphatic carbocycles. The second kappa shape index (κ2) is 4.26. The summed E-state index contributed by atoms with van der Waals surface area (Å²) in [6.45, 7) is 9.31. The summed E-state index contributed by atoms with van der Waals surface area (Å²) < 4.78 is 0. The first-order valence-electron chi connectivity index (χ1n) is 5.75. The first-order chi connectivity index (χ1) is 7.56. The van der Waals surface area contributed by atoms with E-state index in [4.69, 9.17) is 0 Å². The van der Waals surface area contributed by atoms with Crippen LogP contribution in [0.3, 0.4) is 0 Å². The minimum Gasteiger partial charge on any atom is -0.341 e. The third kappa shape index (κ3) is 2.25. The van der Waals surface area contributed by atoms with Gasteiger partial charge in [0.15, 0.2) is 0 Å². The normalized spacial score (nSPS) is 11.6. The zero-order chi connectivity index (χ0) is 11.7. The van der Waals surface area contributed by atoms with E-state index in [9.17, 15) is 0 Å². The van der Waals surface area contributed by atoms with Crippen LogP contribution in [0, 0.1) is 13.8 Å². The van der Waals surface area contributed by atoms with Crippen molar-refractivity contribution in [3.8, 4) is 0 Å². The molecule has 1 aromatic heterocycles. The summed E-state index contributed by atoms with van der Waals surface area (Å²) in [5, 5.41) is 3.36. The van der Waals surface area contributed by atoms with Gasteiger partial charge in [-0.1, -0.05) is 13.8 Å². The van der Waals surface area contributed by atoms with Crippen LogP contribution in [0.5, 0.6) is 0 Å². The van der Waals surface area contributed by atoms with E-state index in [-0.39, 0.29) is 0 Å². The van der Waals surface area contributed by atoms with E-state index in [1.54, 1.807) is 0 Å². The Hall–Kier alpha value is -1.35. The highest BCUT2D eigenvalue weighted by Gasteiger charge is 2.04. The fourth-order valence-electron chi connectivity index (χ4n) is 1.71. The number of aromatic nitrogens is 2. The van der Waals surface area contributed by atoms with Crippen LogP contribution in [0.1, 0.15) is 30.8 Å². The first kappa shape index (κ1) is 11.1. The maximum absolute atomic E-state index is 4.57. The van der Waals surface area contributed by atoms with Crippen molar-refractivity contribution in [3.05, 3.63) is 29.1 Å². The molecule has 0 spiro atoms. The monoisotopic (exact) mass is 217 g/mol. The minimum absolute atomic E-state index is 0.483. The number of benzene rings is 1. The first-order valence-corrected chi connectivity index (χ1v) is 5.75. The Balaban J connectivity index is 2.29. The molecule has 0 aliphatic heterocycles. The van der Waals surface area contributed by atoms with Crippen molar-refractivity contribution in [2.75, 3.05) is 0 Å². The van der Waals surface area contributed by atoms with Gasteiger partial charge >= 0.3 is 0 Å². The summed E-state index contributed by atoms with van der Waals surface area (Å²) in [5.74, 6) is 1.01. The van der Waals surface area contributed by atoms with Gasteiger partial charge in [0.2, 0.25) is 0 Å². The molecule has 3 nitrogen and oxygen atoms in total. The van der Waals surface area contributed by atoms with Crippen molar-refractivity contribution in [1.29, 1.82) is 0 Å². The molecule has 1 aromatic carbocycles. The van der Waals surface area contributed by atoms with E-state index in [1.165, 1.54) is 11.1 Å². The highest BCUT2D eigenvalue weighted by Crippen LogP contribution is 2.17. The van der Waals surface area contributed by atoms with Crippen molar-refractivity contribution >= 4 is 11.0 Å². The van der Waals surface area contributed by atoms with E-state index >= 15 is 0 Å². The highest BCUT2D eigenvalue weighted by atomic mass is 15.0. The van der Waals surface area contributed by atoms with Gasteiger partial charge in [-0.15, -0.1) is 0 Å². The molecule has 0 radical (unpaired) electrons. The Labute approximate surface area is 96.3 Å². The molecule has 0 saturated heterocycles. The molecule has 1 heterocycles. The number of rotatable bonds is 3. The van der Waals surface area contributed by atoms with Crippen LogP contribution in [0.25, 0.3) is 11.0 Å². The number of hydrogen-bond acceptors (Lipinski definition) is 2. The molecule has 0 bridgehead atoms. The number of H-pyrrole nitrogens is 1. The lowest BCUT2D eigenvalue weighted by molar-refractivity contribution is 0.576. The third-order valence-corrected chi connectivity index (χ3v) is 2.82. The topological polar surface area (TPSA) is 40.7 Å². The van der Waals surface area contributed by atoms with Crippen LogP contribution in [0.4, 0.5) is 0 Å². The summed E-state index contributed by atoms with van der Waals surface area (Å²) >= 11 is 0. The average Bonchev–Trinajstić information content (AvgIpc) is 2.58. The summed E-state index contributed by atoms with van der Waals surface area (Å²) in [6.07, 6.45) is 0. The van der Waals surface area contributed by atoms with Gasteiger partial charge in [0.05, 0.1) is 17.6 Å². The Kier molecular flexibility index (Phi) is 2.97. The number of hydrogen-bond donors (Lipinski definition) is 2. The number of nitrogens with zero attached hydrogens (tertiary/aromatic N) is 1. The molecule has 86 valence electrons. The van der Waals surface area contributed by atoms with E-state index in [1.807, 2.05) is 0 Å². The minimum atomic E-state index is 0.483. The van der Waals surface area contributed by atoms with Crippen LogP contribution in [0.2, 0.25) is 0 Å². The number of nitrogens with one attached hydrogen (secondary N) is 2. The molecule has 2 rings (SSSR count). The van der Waals surface area contributed by atoms with E-state index in [2.05, 4.69) is 55.1 Å². The standard InChI is InChI=1S/C13H19N3/c1-8(2)14-7-13-15-11-5-9(3)10(4)6-12(11)16-13/h5-6,8,14H,7H2,1-4H3,(H,15,16). The zero-order valence-electron chi connectivity index (χ0n) is 10.4. The molecule has 0 atom stereocenters. The third-order valence-electron chi connectivity index (χ3n) is 2.82. The maximum Gasteiger partial charge on any atom is 0.121 e. The summed E-state index contributed by atoms with van der Waals surface area (Å²) in [4.78, 5) is 7.91. The lowest BCUT2D eigenvalue weighted by Crippen LogP contribution is -2.22. The van der Waals surface area contributed by atoms with E-state index < -0.39 is 0 Å². The van der Waals surface area contributed by atoms with Crippen molar-refractivity contribution in [2.24, 2.45) is 0 Å². The summed E-state index contributed by atoms with van der Waals surface area (Å²) in [5.41, 5.74) is 4.79. The lowest BCUT2D eigenvalue weighted by Gasteiger charge is -2.04. The SMILES string of the molecule is Cc1cc2nc(CNC(C)C)[nH]c2cc1C. The van der Waals surface area contributed by atoms with Gasteiger partial charge in [0.25, 0.3) is 0 Å². The molecular weight excluding hydrogens is 198 g/mol. The van der Waals surface area contributed by atoms with Gasteiger partial charge in [0, 0.05) is 6.04 Å². The average molecular weight is 217 g/mol. The van der Waals surface area contributed by atoms with Crippen LogP contribution in [0.15, 0.2) is 12.1 Å². The number of aromatic amines is 1. The molecule has 0 fully saturated rings. The molecule has 0 aliphatic rings. The van der Waals surface area contributed by atoms with Crippen molar-refractivity contribution in [3.63, 3.8) is 0 Å². The molecule has 2 aromatic rings. The van der Waals surface area contributed by atoms with Gasteiger partial charge in [-0.3, -0.25) is 0 Å². The molecule has 0 amide bonds. The predicted octanol–water partition coefficient (Wildman–Crippen LogP) is 2.68. The van der Waals surface area contributed by atoms with Crippen LogP contribution in [-0.2, 0) is 6.54 Å². The van der Waals surface area contributed by atoms with Gasteiger partial charge in [-0.25, -0.2) is 4.98 Å². The largest absolute Gasteiger partial charge is 0.341 e. The second-order valence-corrected chi connectivity index (χ2v) is 4.67. The molecule has 2 N–H and O–H groups in total.